The van der Waals surface area contributed by atoms with Gasteiger partial charge < -0.3 is 20.1 Å². The molecule has 128 valence electrons. The van der Waals surface area contributed by atoms with Crippen LogP contribution < -0.4 is 15.2 Å². The maximum absolute atomic E-state index is 12.7. The first kappa shape index (κ1) is 17.9. The van der Waals surface area contributed by atoms with Gasteiger partial charge in [0.05, 0.1) is 14.2 Å². The van der Waals surface area contributed by atoms with Crippen LogP contribution >= 0.6 is 12.4 Å². The predicted molar refractivity (Wildman–Crippen MR) is 96.1 cm³/mol. The van der Waals surface area contributed by atoms with Gasteiger partial charge in [0.1, 0.15) is 0 Å². The van der Waals surface area contributed by atoms with E-state index in [0.29, 0.717) is 30.1 Å². The normalized spacial score (nSPS) is 12.8. The third kappa shape index (κ3) is 3.41. The van der Waals surface area contributed by atoms with Gasteiger partial charge in [0.15, 0.2) is 11.5 Å². The fraction of sp³-hybridized carbons (Fsp3) is 0.278. The average Bonchev–Trinajstić information content (AvgIpc) is 2.59. The molecule has 0 aromatic heterocycles. The van der Waals surface area contributed by atoms with Crippen LogP contribution in [0.25, 0.3) is 0 Å². The van der Waals surface area contributed by atoms with Crippen molar-refractivity contribution in [2.75, 3.05) is 26.5 Å². The second-order valence-electron chi connectivity index (χ2n) is 5.58. The summed E-state index contributed by atoms with van der Waals surface area (Å²) in [6.45, 7) is 1.24. The van der Waals surface area contributed by atoms with Crippen LogP contribution in [0.3, 0.4) is 0 Å². The Morgan fingerprint density at radius 3 is 2.38 bits per heavy atom. The summed E-state index contributed by atoms with van der Waals surface area (Å²) < 4.78 is 10.7. The Kier molecular flexibility index (Phi) is 5.57. The quantitative estimate of drug-likeness (QED) is 0.866. The molecular weight excluding hydrogens is 328 g/mol. The lowest BCUT2D eigenvalue weighted by molar-refractivity contribution is 0.0734. The highest BCUT2D eigenvalue weighted by atomic mass is 35.5. The summed E-state index contributed by atoms with van der Waals surface area (Å²) in [4.78, 5) is 14.5. The number of carbonyl (C=O) groups excluding carboxylic acids is 1. The molecule has 0 fully saturated rings. The summed E-state index contributed by atoms with van der Waals surface area (Å²) in [6.07, 6.45) is 0.795. The van der Waals surface area contributed by atoms with Crippen LogP contribution in [-0.4, -0.2) is 31.6 Å². The highest BCUT2D eigenvalue weighted by Crippen LogP contribution is 2.33. The summed E-state index contributed by atoms with van der Waals surface area (Å²) in [5.41, 5.74) is 9.27. The SMILES string of the molecule is COc1cc2c(cc1OC)CN(C(=O)c1cccc(N)c1)CC2.Cl. The summed E-state index contributed by atoms with van der Waals surface area (Å²) in [5, 5.41) is 0. The minimum atomic E-state index is -0.00210. The molecule has 1 aliphatic heterocycles. The third-order valence-corrected chi connectivity index (χ3v) is 4.14. The number of benzene rings is 2. The largest absolute Gasteiger partial charge is 0.493 e. The monoisotopic (exact) mass is 348 g/mol. The molecule has 0 radical (unpaired) electrons. The lowest BCUT2D eigenvalue weighted by Gasteiger charge is -2.29. The van der Waals surface area contributed by atoms with Crippen LogP contribution in [0.15, 0.2) is 36.4 Å². The first-order valence-corrected chi connectivity index (χ1v) is 7.51. The Hall–Kier alpha value is -2.40. The number of hydrogen-bond donors (Lipinski definition) is 1. The minimum absolute atomic E-state index is 0. The summed E-state index contributed by atoms with van der Waals surface area (Å²) in [7, 11) is 3.24. The van der Waals surface area contributed by atoms with E-state index in [-0.39, 0.29) is 18.3 Å². The Bertz CT molecular complexity index is 749. The number of anilines is 1. The van der Waals surface area contributed by atoms with E-state index in [1.54, 1.807) is 38.5 Å². The van der Waals surface area contributed by atoms with E-state index in [9.17, 15) is 4.79 Å². The van der Waals surface area contributed by atoms with Gasteiger partial charge in [-0.05, 0) is 47.9 Å². The van der Waals surface area contributed by atoms with Crippen molar-refractivity contribution in [3.63, 3.8) is 0 Å². The molecule has 6 heteroatoms. The number of amides is 1. The molecule has 0 spiro atoms. The van der Waals surface area contributed by atoms with Gasteiger partial charge in [-0.2, -0.15) is 0 Å². The van der Waals surface area contributed by atoms with Crippen LogP contribution in [0.5, 0.6) is 11.5 Å². The number of halogens is 1. The van der Waals surface area contributed by atoms with E-state index >= 15 is 0 Å². The van der Waals surface area contributed by atoms with Gasteiger partial charge in [0.25, 0.3) is 5.91 Å². The number of rotatable bonds is 3. The van der Waals surface area contributed by atoms with Crippen molar-refractivity contribution in [3.8, 4) is 11.5 Å². The number of methoxy groups -OCH3 is 2. The topological polar surface area (TPSA) is 64.8 Å². The van der Waals surface area contributed by atoms with Crippen molar-refractivity contribution in [1.82, 2.24) is 4.90 Å². The molecule has 0 bridgehead atoms. The van der Waals surface area contributed by atoms with Gasteiger partial charge in [0, 0.05) is 24.3 Å². The second-order valence-corrected chi connectivity index (χ2v) is 5.58. The van der Waals surface area contributed by atoms with Crippen LogP contribution in [-0.2, 0) is 13.0 Å². The first-order valence-electron chi connectivity index (χ1n) is 7.51. The Labute approximate surface area is 147 Å². The standard InChI is InChI=1S/C18H20N2O3.ClH/c1-22-16-9-12-6-7-20(11-14(12)10-17(16)23-2)18(21)13-4-3-5-15(19)8-13;/h3-5,8-10H,6-7,11,19H2,1-2H3;1H. The fourth-order valence-corrected chi connectivity index (χ4v) is 2.91. The number of ether oxygens (including phenoxy) is 2. The van der Waals surface area contributed by atoms with Gasteiger partial charge in [-0.1, -0.05) is 6.07 Å². The van der Waals surface area contributed by atoms with Crippen LogP contribution in [0.2, 0.25) is 0 Å². The molecule has 0 unspecified atom stereocenters. The van der Waals surface area contributed by atoms with Crippen molar-refractivity contribution >= 4 is 24.0 Å². The van der Waals surface area contributed by atoms with E-state index in [2.05, 4.69) is 0 Å². The molecule has 1 aliphatic rings. The van der Waals surface area contributed by atoms with E-state index in [1.165, 1.54) is 5.56 Å². The lowest BCUT2D eigenvalue weighted by atomic mass is 9.98. The molecular formula is C18H21ClN2O3. The van der Waals surface area contributed by atoms with Gasteiger partial charge in [0.2, 0.25) is 0 Å². The molecule has 5 nitrogen and oxygen atoms in total. The van der Waals surface area contributed by atoms with Crippen LogP contribution in [0.4, 0.5) is 5.69 Å². The highest BCUT2D eigenvalue weighted by molar-refractivity contribution is 5.95. The summed E-state index contributed by atoms with van der Waals surface area (Å²) in [6, 6.07) is 11.0. The summed E-state index contributed by atoms with van der Waals surface area (Å²) in [5.74, 6) is 1.41. The van der Waals surface area contributed by atoms with Gasteiger partial charge in [-0.15, -0.1) is 12.4 Å². The lowest BCUT2D eigenvalue weighted by Crippen LogP contribution is -2.36. The zero-order chi connectivity index (χ0) is 16.4. The van der Waals surface area contributed by atoms with Gasteiger partial charge in [-0.25, -0.2) is 0 Å². The molecule has 2 aromatic carbocycles. The third-order valence-electron chi connectivity index (χ3n) is 4.14. The van der Waals surface area contributed by atoms with Gasteiger partial charge in [-0.3, -0.25) is 4.79 Å². The second kappa shape index (κ2) is 7.45. The molecule has 0 saturated heterocycles. The molecule has 3 rings (SSSR count). The number of nitrogen functional groups attached to an aromatic ring is 1. The summed E-state index contributed by atoms with van der Waals surface area (Å²) >= 11 is 0. The minimum Gasteiger partial charge on any atom is -0.493 e. The Balaban J connectivity index is 0.00000208. The van der Waals surface area contributed by atoms with Gasteiger partial charge >= 0.3 is 0 Å². The maximum atomic E-state index is 12.7. The highest BCUT2D eigenvalue weighted by Gasteiger charge is 2.23. The van der Waals surface area contributed by atoms with Crippen molar-refractivity contribution in [2.24, 2.45) is 0 Å². The Morgan fingerprint density at radius 1 is 1.08 bits per heavy atom. The van der Waals surface area contributed by atoms with Crippen molar-refractivity contribution in [3.05, 3.63) is 53.1 Å². The first-order chi connectivity index (χ1) is 11.1. The zero-order valence-electron chi connectivity index (χ0n) is 13.7. The van der Waals surface area contributed by atoms with Crippen LogP contribution in [0, 0.1) is 0 Å². The average molecular weight is 349 g/mol. The van der Waals surface area contributed by atoms with E-state index in [1.807, 2.05) is 17.0 Å². The smallest absolute Gasteiger partial charge is 0.254 e. The molecule has 0 aliphatic carbocycles. The molecule has 2 N–H and O–H groups in total. The van der Waals surface area contributed by atoms with E-state index in [0.717, 1.165) is 17.7 Å². The molecule has 2 aromatic rings. The number of hydrogen-bond acceptors (Lipinski definition) is 4. The number of carbonyl (C=O) groups is 1. The predicted octanol–water partition coefficient (Wildman–Crippen LogP) is 2.91. The number of nitrogens with two attached hydrogens (primary N) is 1. The van der Waals surface area contributed by atoms with Crippen LogP contribution in [0.1, 0.15) is 21.5 Å². The zero-order valence-corrected chi connectivity index (χ0v) is 14.6. The Morgan fingerprint density at radius 2 is 1.75 bits per heavy atom. The maximum Gasteiger partial charge on any atom is 0.254 e. The molecule has 24 heavy (non-hydrogen) atoms. The van der Waals surface area contributed by atoms with E-state index in [4.69, 9.17) is 15.2 Å². The fourth-order valence-electron chi connectivity index (χ4n) is 2.91. The van der Waals surface area contributed by atoms with Crippen molar-refractivity contribution in [2.45, 2.75) is 13.0 Å². The molecule has 1 heterocycles. The number of nitrogens with zero attached hydrogens (tertiary/aromatic N) is 1. The molecule has 0 saturated carbocycles. The number of fused-ring (bicyclic) bond motifs is 1. The molecule has 0 atom stereocenters. The van der Waals surface area contributed by atoms with Crippen molar-refractivity contribution in [1.29, 1.82) is 0 Å². The van der Waals surface area contributed by atoms with E-state index < -0.39 is 0 Å². The molecule has 1 amide bonds. The van der Waals surface area contributed by atoms with Crippen molar-refractivity contribution < 1.29 is 14.3 Å².